The highest BCUT2D eigenvalue weighted by molar-refractivity contribution is 7.92. The Morgan fingerprint density at radius 1 is 1.42 bits per heavy atom. The third kappa shape index (κ3) is 5.17. The smallest absolute Gasteiger partial charge is 0.303 e. The second kappa shape index (κ2) is 6.42. The number of aryl methyl sites for hydroxylation is 1. The lowest BCUT2D eigenvalue weighted by molar-refractivity contribution is -0.137. The van der Waals surface area contributed by atoms with Crippen molar-refractivity contribution in [2.24, 2.45) is 0 Å². The van der Waals surface area contributed by atoms with E-state index >= 15 is 0 Å². The third-order valence-electron chi connectivity index (χ3n) is 2.50. The van der Waals surface area contributed by atoms with Crippen LogP contribution in [0.4, 0.5) is 5.69 Å². The fourth-order valence-corrected chi connectivity index (χ4v) is 2.70. The molecule has 19 heavy (non-hydrogen) atoms. The zero-order chi connectivity index (χ0) is 14.5. The zero-order valence-corrected chi connectivity index (χ0v) is 11.7. The highest BCUT2D eigenvalue weighted by Gasteiger charge is 2.13. The van der Waals surface area contributed by atoms with Gasteiger partial charge in [0.25, 0.3) is 0 Å². The Balaban J connectivity index is 2.70. The Morgan fingerprint density at radius 2 is 2.11 bits per heavy atom. The molecule has 6 nitrogen and oxygen atoms in total. The second-order valence-electron chi connectivity index (χ2n) is 4.10. The summed E-state index contributed by atoms with van der Waals surface area (Å²) in [7, 11) is -1.99. The standard InChI is InChI=1S/C12H17NO5S/c1-9-8-10(18-2)5-6-11(9)13-19(16,17)7-3-4-12(14)15/h5-6,8,13H,3-4,7H2,1-2H3,(H,14,15). The van der Waals surface area contributed by atoms with Gasteiger partial charge in [0.05, 0.1) is 18.6 Å². The molecule has 0 saturated heterocycles. The number of hydrogen-bond acceptors (Lipinski definition) is 4. The fraction of sp³-hybridized carbons (Fsp3) is 0.417. The predicted octanol–water partition coefficient (Wildman–Crippen LogP) is 1.61. The molecule has 106 valence electrons. The number of carboxylic acid groups (broad SMARTS) is 1. The molecule has 0 aliphatic rings. The van der Waals surface area contributed by atoms with Crippen molar-refractivity contribution in [3.63, 3.8) is 0 Å². The molecule has 0 heterocycles. The molecule has 2 N–H and O–H groups in total. The summed E-state index contributed by atoms with van der Waals surface area (Å²) < 4.78 is 31.0. The number of rotatable bonds is 7. The van der Waals surface area contributed by atoms with Gasteiger partial charge in [0.15, 0.2) is 0 Å². The van der Waals surface area contributed by atoms with Gasteiger partial charge in [0.2, 0.25) is 10.0 Å². The van der Waals surface area contributed by atoms with E-state index in [1.165, 1.54) is 7.11 Å². The number of aliphatic carboxylic acids is 1. The molecule has 0 fully saturated rings. The van der Waals surface area contributed by atoms with Crippen LogP contribution < -0.4 is 9.46 Å². The molecule has 0 amide bonds. The van der Waals surface area contributed by atoms with Crippen molar-refractivity contribution in [3.05, 3.63) is 23.8 Å². The number of carbonyl (C=O) groups is 1. The van der Waals surface area contributed by atoms with Crippen molar-refractivity contribution in [3.8, 4) is 5.75 Å². The largest absolute Gasteiger partial charge is 0.497 e. The first-order chi connectivity index (χ1) is 8.84. The van der Waals surface area contributed by atoms with Gasteiger partial charge in [-0.25, -0.2) is 8.42 Å². The molecule has 1 aromatic carbocycles. The monoisotopic (exact) mass is 287 g/mol. The minimum Gasteiger partial charge on any atom is -0.497 e. The Kier molecular flexibility index (Phi) is 5.17. The Hall–Kier alpha value is -1.76. The van der Waals surface area contributed by atoms with Gasteiger partial charge in [-0.3, -0.25) is 9.52 Å². The molecule has 0 saturated carbocycles. The summed E-state index contributed by atoms with van der Waals surface area (Å²) in [5.41, 5.74) is 1.21. The average molecular weight is 287 g/mol. The zero-order valence-electron chi connectivity index (χ0n) is 10.8. The summed E-state index contributed by atoms with van der Waals surface area (Å²) in [5.74, 6) is -0.577. The number of carboxylic acids is 1. The number of nitrogens with one attached hydrogen (secondary N) is 1. The van der Waals surface area contributed by atoms with Crippen molar-refractivity contribution in [1.29, 1.82) is 0 Å². The quantitative estimate of drug-likeness (QED) is 0.794. The molecular weight excluding hydrogens is 270 g/mol. The van der Waals surface area contributed by atoms with E-state index in [2.05, 4.69) is 4.72 Å². The maximum atomic E-state index is 11.8. The molecule has 0 spiro atoms. The van der Waals surface area contributed by atoms with Crippen molar-refractivity contribution in [1.82, 2.24) is 0 Å². The highest BCUT2D eigenvalue weighted by atomic mass is 32.2. The van der Waals surface area contributed by atoms with E-state index in [1.807, 2.05) is 0 Å². The maximum absolute atomic E-state index is 11.8. The van der Waals surface area contributed by atoms with Crippen LogP contribution in [0.25, 0.3) is 0 Å². The summed E-state index contributed by atoms with van der Waals surface area (Å²) in [5, 5.41) is 8.47. The van der Waals surface area contributed by atoms with Gasteiger partial charge in [0.1, 0.15) is 5.75 Å². The molecule has 0 aliphatic heterocycles. The van der Waals surface area contributed by atoms with E-state index in [4.69, 9.17) is 9.84 Å². The van der Waals surface area contributed by atoms with Crippen LogP contribution in [0.1, 0.15) is 18.4 Å². The molecule has 7 heteroatoms. The molecule has 0 unspecified atom stereocenters. The molecule has 0 radical (unpaired) electrons. The van der Waals surface area contributed by atoms with Crippen LogP contribution in [-0.2, 0) is 14.8 Å². The first-order valence-corrected chi connectivity index (χ1v) is 7.36. The summed E-state index contributed by atoms with van der Waals surface area (Å²) in [6, 6.07) is 4.99. The molecular formula is C12H17NO5S. The third-order valence-corrected chi connectivity index (χ3v) is 3.86. The van der Waals surface area contributed by atoms with Gasteiger partial charge in [-0.15, -0.1) is 0 Å². The van der Waals surface area contributed by atoms with Crippen molar-refractivity contribution < 1.29 is 23.1 Å². The van der Waals surface area contributed by atoms with Crippen LogP contribution in [0.5, 0.6) is 5.75 Å². The predicted molar refractivity (Wildman–Crippen MR) is 72.0 cm³/mol. The molecule has 1 aromatic rings. The topological polar surface area (TPSA) is 92.7 Å². The van der Waals surface area contributed by atoms with E-state index in [1.54, 1.807) is 25.1 Å². The van der Waals surface area contributed by atoms with Crippen LogP contribution in [0.3, 0.4) is 0 Å². The highest BCUT2D eigenvalue weighted by Crippen LogP contribution is 2.22. The summed E-state index contributed by atoms with van der Waals surface area (Å²) >= 11 is 0. The number of benzene rings is 1. The summed E-state index contributed by atoms with van der Waals surface area (Å²) in [6.45, 7) is 1.76. The maximum Gasteiger partial charge on any atom is 0.303 e. The number of hydrogen-bond donors (Lipinski definition) is 2. The fourth-order valence-electron chi connectivity index (χ4n) is 1.51. The van der Waals surface area contributed by atoms with E-state index in [0.29, 0.717) is 11.4 Å². The van der Waals surface area contributed by atoms with Crippen LogP contribution >= 0.6 is 0 Å². The summed E-state index contributed by atoms with van der Waals surface area (Å²) in [6.07, 6.45) is -0.0810. The summed E-state index contributed by atoms with van der Waals surface area (Å²) in [4.78, 5) is 10.3. The van der Waals surface area contributed by atoms with E-state index in [0.717, 1.165) is 5.56 Å². The number of anilines is 1. The Morgan fingerprint density at radius 3 is 2.63 bits per heavy atom. The van der Waals surface area contributed by atoms with Crippen LogP contribution in [-0.4, -0.2) is 32.4 Å². The lowest BCUT2D eigenvalue weighted by atomic mass is 10.2. The van der Waals surface area contributed by atoms with Crippen LogP contribution in [0, 0.1) is 6.92 Å². The minimum atomic E-state index is -3.53. The molecule has 0 aliphatic carbocycles. The van der Waals surface area contributed by atoms with Crippen LogP contribution in [0.15, 0.2) is 18.2 Å². The SMILES string of the molecule is COc1ccc(NS(=O)(=O)CCCC(=O)O)c(C)c1. The van der Waals surface area contributed by atoms with E-state index in [9.17, 15) is 13.2 Å². The molecule has 0 aromatic heterocycles. The van der Waals surface area contributed by atoms with E-state index in [-0.39, 0.29) is 18.6 Å². The normalized spacial score (nSPS) is 11.1. The van der Waals surface area contributed by atoms with Gasteiger partial charge < -0.3 is 9.84 Å². The van der Waals surface area contributed by atoms with Crippen molar-refractivity contribution in [2.45, 2.75) is 19.8 Å². The van der Waals surface area contributed by atoms with Gasteiger partial charge in [0, 0.05) is 6.42 Å². The lowest BCUT2D eigenvalue weighted by Gasteiger charge is -2.11. The van der Waals surface area contributed by atoms with Crippen LogP contribution in [0.2, 0.25) is 0 Å². The lowest BCUT2D eigenvalue weighted by Crippen LogP contribution is -2.18. The molecule has 1 rings (SSSR count). The average Bonchev–Trinajstić information content (AvgIpc) is 2.30. The minimum absolute atomic E-state index is 0.0832. The first kappa shape index (κ1) is 15.3. The number of ether oxygens (including phenoxy) is 1. The van der Waals surface area contributed by atoms with Gasteiger partial charge in [-0.1, -0.05) is 0 Å². The van der Waals surface area contributed by atoms with Crippen molar-refractivity contribution in [2.75, 3.05) is 17.6 Å². The van der Waals surface area contributed by atoms with Gasteiger partial charge in [-0.2, -0.15) is 0 Å². The number of methoxy groups -OCH3 is 1. The first-order valence-electron chi connectivity index (χ1n) is 5.71. The van der Waals surface area contributed by atoms with Gasteiger partial charge >= 0.3 is 5.97 Å². The second-order valence-corrected chi connectivity index (χ2v) is 5.94. The Labute approximate surface area is 112 Å². The molecule has 0 bridgehead atoms. The van der Waals surface area contributed by atoms with Crippen molar-refractivity contribution >= 4 is 21.7 Å². The number of sulfonamides is 1. The van der Waals surface area contributed by atoms with E-state index < -0.39 is 16.0 Å². The Bertz CT molecular complexity index is 553. The van der Waals surface area contributed by atoms with Gasteiger partial charge in [-0.05, 0) is 37.1 Å². The molecule has 0 atom stereocenters.